The lowest BCUT2D eigenvalue weighted by molar-refractivity contribution is 0.0705. The largest absolute Gasteiger partial charge is 0.385 e. The first-order valence-electron chi connectivity index (χ1n) is 6.29. The number of methoxy groups -OCH3 is 1. The molecule has 0 amide bonds. The van der Waals surface area contributed by atoms with Gasteiger partial charge in [-0.25, -0.2) is 0 Å². The second-order valence-corrected chi connectivity index (χ2v) is 4.74. The molecular weight excluding hydrogens is 250 g/mol. The lowest BCUT2D eigenvalue weighted by Gasteiger charge is -2.13. The first-order chi connectivity index (χ1) is 8.75. The Morgan fingerprint density at radius 3 is 2.72 bits per heavy atom. The molecule has 1 N–H and O–H groups in total. The van der Waals surface area contributed by atoms with Crippen LogP contribution in [0.2, 0.25) is 0 Å². The maximum atomic E-state index is 6.13. The van der Waals surface area contributed by atoms with E-state index in [0.29, 0.717) is 13.2 Å². The molecule has 0 saturated carbocycles. The van der Waals surface area contributed by atoms with Gasteiger partial charge in [-0.15, -0.1) is 11.6 Å². The normalized spacial score (nSPS) is 12.4. The number of rotatable bonds is 9. The summed E-state index contributed by atoms with van der Waals surface area (Å²) < 4.78 is 10.3. The van der Waals surface area contributed by atoms with Crippen molar-refractivity contribution in [2.45, 2.75) is 18.7 Å². The molecule has 102 valence electrons. The molecule has 1 unspecified atom stereocenters. The summed E-state index contributed by atoms with van der Waals surface area (Å²) in [4.78, 5) is 0. The van der Waals surface area contributed by atoms with E-state index in [4.69, 9.17) is 21.1 Å². The van der Waals surface area contributed by atoms with Gasteiger partial charge >= 0.3 is 0 Å². The molecule has 18 heavy (non-hydrogen) atoms. The predicted molar refractivity (Wildman–Crippen MR) is 76.5 cm³/mol. The Morgan fingerprint density at radius 2 is 2.00 bits per heavy atom. The molecule has 3 nitrogen and oxygen atoms in total. The summed E-state index contributed by atoms with van der Waals surface area (Å²) in [6.07, 6.45) is 0.967. The number of halogens is 1. The topological polar surface area (TPSA) is 30.5 Å². The number of hydrogen-bond acceptors (Lipinski definition) is 3. The number of nitrogens with one attached hydrogen (secondary N) is 1. The van der Waals surface area contributed by atoms with E-state index in [1.165, 1.54) is 0 Å². The van der Waals surface area contributed by atoms with E-state index in [-0.39, 0.29) is 5.38 Å². The summed E-state index contributed by atoms with van der Waals surface area (Å²) >= 11 is 6.13. The Hall–Kier alpha value is -0.770. The van der Waals surface area contributed by atoms with Crippen molar-refractivity contribution in [2.24, 2.45) is 0 Å². The van der Waals surface area contributed by atoms with Crippen molar-refractivity contribution in [2.75, 3.05) is 38.8 Å². The summed E-state index contributed by atoms with van der Waals surface area (Å²) in [6, 6.07) is 8.13. The number of hydrogen-bond donors (Lipinski definition) is 1. The number of anilines is 1. The minimum atomic E-state index is 0.0200. The molecule has 0 radical (unpaired) electrons. The number of ether oxygens (including phenoxy) is 2. The fourth-order valence-corrected chi connectivity index (χ4v) is 1.84. The van der Waals surface area contributed by atoms with Crippen LogP contribution in [0.15, 0.2) is 24.3 Å². The van der Waals surface area contributed by atoms with E-state index in [9.17, 15) is 0 Å². The van der Waals surface area contributed by atoms with Crippen LogP contribution in [0.5, 0.6) is 0 Å². The summed E-state index contributed by atoms with van der Waals surface area (Å²) in [6.45, 7) is 4.92. The second kappa shape index (κ2) is 9.20. The summed E-state index contributed by atoms with van der Waals surface area (Å²) in [7, 11) is 1.68. The zero-order chi connectivity index (χ0) is 13.2. The first kappa shape index (κ1) is 15.3. The summed E-state index contributed by atoms with van der Waals surface area (Å²) in [5.74, 6) is 0. The highest BCUT2D eigenvalue weighted by atomic mass is 35.5. The summed E-state index contributed by atoms with van der Waals surface area (Å²) in [5, 5.41) is 3.41. The van der Waals surface area contributed by atoms with E-state index in [1.807, 2.05) is 19.1 Å². The Morgan fingerprint density at radius 1 is 1.22 bits per heavy atom. The van der Waals surface area contributed by atoms with Gasteiger partial charge in [-0.3, -0.25) is 0 Å². The number of para-hydroxylation sites is 1. The van der Waals surface area contributed by atoms with Crippen molar-refractivity contribution in [3.05, 3.63) is 29.8 Å². The van der Waals surface area contributed by atoms with Crippen LogP contribution >= 0.6 is 11.6 Å². The molecule has 4 heteroatoms. The summed E-state index contributed by atoms with van der Waals surface area (Å²) in [5.41, 5.74) is 2.25. The number of benzene rings is 1. The third-order valence-electron chi connectivity index (χ3n) is 2.60. The molecule has 0 aliphatic carbocycles. The van der Waals surface area contributed by atoms with Gasteiger partial charge in [-0.1, -0.05) is 18.2 Å². The van der Waals surface area contributed by atoms with Gasteiger partial charge < -0.3 is 14.8 Å². The lowest BCUT2D eigenvalue weighted by Crippen LogP contribution is -2.09. The molecule has 1 aromatic rings. The second-order valence-electron chi connectivity index (χ2n) is 4.09. The van der Waals surface area contributed by atoms with Crippen molar-refractivity contribution in [1.82, 2.24) is 0 Å². The van der Waals surface area contributed by atoms with Crippen LogP contribution in [0.1, 0.15) is 24.3 Å². The smallest absolute Gasteiger partial charge is 0.0700 e. The van der Waals surface area contributed by atoms with Gasteiger partial charge in [-0.05, 0) is 25.0 Å². The van der Waals surface area contributed by atoms with Gasteiger partial charge in [0.2, 0.25) is 0 Å². The molecule has 0 fully saturated rings. The van der Waals surface area contributed by atoms with Crippen LogP contribution in [-0.2, 0) is 9.47 Å². The molecule has 0 spiro atoms. The van der Waals surface area contributed by atoms with Gasteiger partial charge in [0.25, 0.3) is 0 Å². The fourth-order valence-electron chi connectivity index (χ4n) is 1.65. The van der Waals surface area contributed by atoms with Crippen LogP contribution in [0.25, 0.3) is 0 Å². The molecular formula is C14H22ClNO2. The van der Waals surface area contributed by atoms with E-state index in [0.717, 1.165) is 30.8 Å². The Labute approximate surface area is 114 Å². The fraction of sp³-hybridized carbons (Fsp3) is 0.571. The van der Waals surface area contributed by atoms with Crippen LogP contribution in [-0.4, -0.2) is 33.5 Å². The molecule has 0 heterocycles. The molecule has 0 aromatic heterocycles. The molecule has 0 saturated heterocycles. The molecule has 1 atom stereocenters. The van der Waals surface area contributed by atoms with Crippen LogP contribution in [0.4, 0.5) is 5.69 Å². The molecule has 0 bridgehead atoms. The van der Waals surface area contributed by atoms with Crippen LogP contribution in [0, 0.1) is 0 Å². The highest BCUT2D eigenvalue weighted by molar-refractivity contribution is 6.21. The Bertz CT molecular complexity index is 331. The van der Waals surface area contributed by atoms with Gasteiger partial charge in [0.1, 0.15) is 0 Å². The molecule has 1 aromatic carbocycles. The van der Waals surface area contributed by atoms with Crippen molar-refractivity contribution >= 4 is 17.3 Å². The minimum absolute atomic E-state index is 0.0200. The van der Waals surface area contributed by atoms with E-state index in [2.05, 4.69) is 17.4 Å². The quantitative estimate of drug-likeness (QED) is 0.551. The number of alkyl halides is 1. The molecule has 0 aliphatic rings. The SMILES string of the molecule is COCCOCCCNc1ccccc1C(C)Cl. The standard InChI is InChI=1S/C14H22ClNO2/c1-12(15)13-6-3-4-7-14(13)16-8-5-9-18-11-10-17-2/h3-4,6-7,12,16H,5,8-11H2,1-2H3. The van der Waals surface area contributed by atoms with Gasteiger partial charge in [0.15, 0.2) is 0 Å². The third-order valence-corrected chi connectivity index (χ3v) is 2.84. The van der Waals surface area contributed by atoms with Crippen molar-refractivity contribution in [3.8, 4) is 0 Å². The van der Waals surface area contributed by atoms with Crippen molar-refractivity contribution in [3.63, 3.8) is 0 Å². The maximum Gasteiger partial charge on any atom is 0.0700 e. The van der Waals surface area contributed by atoms with Gasteiger partial charge in [-0.2, -0.15) is 0 Å². The van der Waals surface area contributed by atoms with Crippen LogP contribution in [0.3, 0.4) is 0 Å². The average Bonchev–Trinajstić information content (AvgIpc) is 2.38. The maximum absolute atomic E-state index is 6.13. The van der Waals surface area contributed by atoms with Crippen LogP contribution < -0.4 is 5.32 Å². The Kier molecular flexibility index (Phi) is 7.81. The van der Waals surface area contributed by atoms with E-state index in [1.54, 1.807) is 7.11 Å². The molecule has 1 rings (SSSR count). The highest BCUT2D eigenvalue weighted by Gasteiger charge is 2.06. The average molecular weight is 272 g/mol. The minimum Gasteiger partial charge on any atom is -0.385 e. The zero-order valence-corrected chi connectivity index (χ0v) is 11.9. The van der Waals surface area contributed by atoms with E-state index < -0.39 is 0 Å². The first-order valence-corrected chi connectivity index (χ1v) is 6.73. The van der Waals surface area contributed by atoms with Gasteiger partial charge in [0.05, 0.1) is 18.6 Å². The molecule has 0 aliphatic heterocycles. The Balaban J connectivity index is 2.23. The van der Waals surface area contributed by atoms with Gasteiger partial charge in [0, 0.05) is 25.9 Å². The van der Waals surface area contributed by atoms with Crippen molar-refractivity contribution in [1.29, 1.82) is 0 Å². The monoisotopic (exact) mass is 271 g/mol. The lowest BCUT2D eigenvalue weighted by atomic mass is 10.1. The highest BCUT2D eigenvalue weighted by Crippen LogP contribution is 2.26. The third kappa shape index (κ3) is 5.71. The predicted octanol–water partition coefficient (Wildman–Crippen LogP) is 3.45. The zero-order valence-electron chi connectivity index (χ0n) is 11.1. The van der Waals surface area contributed by atoms with E-state index >= 15 is 0 Å². The van der Waals surface area contributed by atoms with Crippen molar-refractivity contribution < 1.29 is 9.47 Å².